The first-order chi connectivity index (χ1) is 6.20. The molecule has 1 aliphatic rings. The molecule has 3 heteroatoms. The molecular formula is C10H11FO2. The van der Waals surface area contributed by atoms with Crippen LogP contribution in [0.15, 0.2) is 12.1 Å². The lowest BCUT2D eigenvalue weighted by Crippen LogP contribution is -2.15. The van der Waals surface area contributed by atoms with Gasteiger partial charge in [-0.2, -0.15) is 0 Å². The zero-order valence-electron chi connectivity index (χ0n) is 7.38. The quantitative estimate of drug-likeness (QED) is 0.664. The van der Waals surface area contributed by atoms with Crippen molar-refractivity contribution in [2.45, 2.75) is 19.4 Å². The minimum absolute atomic E-state index is 0.221. The molecule has 1 atom stereocenters. The summed E-state index contributed by atoms with van der Waals surface area (Å²) in [6.07, 6.45) is -0.0472. The first kappa shape index (κ1) is 8.51. The first-order valence-corrected chi connectivity index (χ1v) is 4.30. The smallest absolute Gasteiger partial charge is 0.168 e. The Bertz CT molecular complexity index is 336. The molecule has 1 aromatic carbocycles. The number of aliphatic hydroxyl groups excluding tert-OH is 1. The van der Waals surface area contributed by atoms with E-state index in [2.05, 4.69) is 0 Å². The van der Waals surface area contributed by atoms with Crippen molar-refractivity contribution >= 4 is 0 Å². The van der Waals surface area contributed by atoms with Crippen molar-refractivity contribution in [3.05, 3.63) is 29.1 Å². The van der Waals surface area contributed by atoms with Gasteiger partial charge in [0.2, 0.25) is 0 Å². The summed E-state index contributed by atoms with van der Waals surface area (Å²) in [6.45, 7) is 2.06. The van der Waals surface area contributed by atoms with Gasteiger partial charge in [-0.15, -0.1) is 0 Å². The fraction of sp³-hybridized carbons (Fsp3) is 0.400. The summed E-state index contributed by atoms with van der Waals surface area (Å²) in [5, 5.41) is 9.53. The molecule has 0 bridgehead atoms. The van der Waals surface area contributed by atoms with Gasteiger partial charge < -0.3 is 9.84 Å². The Hall–Kier alpha value is -1.09. The van der Waals surface area contributed by atoms with Crippen LogP contribution in [-0.4, -0.2) is 11.7 Å². The van der Waals surface area contributed by atoms with Gasteiger partial charge in [0.15, 0.2) is 11.6 Å². The molecule has 0 amide bonds. The van der Waals surface area contributed by atoms with Gasteiger partial charge in [0.05, 0.1) is 12.7 Å². The first-order valence-electron chi connectivity index (χ1n) is 4.30. The normalized spacial score (nSPS) is 20.7. The van der Waals surface area contributed by atoms with E-state index >= 15 is 0 Å². The molecule has 2 rings (SSSR count). The SMILES string of the molecule is Cc1ccc2c(c1F)OCC[C@H]2O. The summed E-state index contributed by atoms with van der Waals surface area (Å²) in [5.41, 5.74) is 1.11. The fourth-order valence-electron chi connectivity index (χ4n) is 1.51. The van der Waals surface area contributed by atoms with Crippen LogP contribution in [0, 0.1) is 12.7 Å². The Morgan fingerprint density at radius 3 is 3.08 bits per heavy atom. The average molecular weight is 182 g/mol. The predicted octanol–water partition coefficient (Wildman–Crippen LogP) is 1.95. The highest BCUT2D eigenvalue weighted by molar-refractivity contribution is 5.41. The van der Waals surface area contributed by atoms with E-state index in [1.54, 1.807) is 19.1 Å². The summed E-state index contributed by atoms with van der Waals surface area (Å²) in [6, 6.07) is 3.38. The number of benzene rings is 1. The van der Waals surface area contributed by atoms with Crippen LogP contribution in [0.3, 0.4) is 0 Å². The van der Waals surface area contributed by atoms with E-state index in [9.17, 15) is 9.50 Å². The molecule has 0 aromatic heterocycles. The number of hydrogen-bond acceptors (Lipinski definition) is 2. The van der Waals surface area contributed by atoms with Gasteiger partial charge in [0.1, 0.15) is 0 Å². The second-order valence-corrected chi connectivity index (χ2v) is 3.27. The lowest BCUT2D eigenvalue weighted by Gasteiger charge is -2.22. The number of aryl methyl sites for hydroxylation is 1. The highest BCUT2D eigenvalue weighted by Crippen LogP contribution is 2.35. The topological polar surface area (TPSA) is 29.5 Å². The van der Waals surface area contributed by atoms with E-state index in [0.717, 1.165) is 0 Å². The zero-order chi connectivity index (χ0) is 9.42. The van der Waals surface area contributed by atoms with Crippen LogP contribution in [0.5, 0.6) is 5.75 Å². The lowest BCUT2D eigenvalue weighted by atomic mass is 10.0. The molecule has 1 aromatic rings. The number of aliphatic hydroxyl groups is 1. The van der Waals surface area contributed by atoms with Crippen molar-refractivity contribution in [2.75, 3.05) is 6.61 Å². The molecule has 1 heterocycles. The van der Waals surface area contributed by atoms with Crippen LogP contribution >= 0.6 is 0 Å². The van der Waals surface area contributed by atoms with E-state index in [4.69, 9.17) is 4.74 Å². The van der Waals surface area contributed by atoms with Crippen molar-refractivity contribution in [3.63, 3.8) is 0 Å². The molecule has 0 radical (unpaired) electrons. The van der Waals surface area contributed by atoms with E-state index in [1.807, 2.05) is 0 Å². The molecule has 0 unspecified atom stereocenters. The standard InChI is InChI=1S/C10H11FO2/c1-6-2-3-7-8(12)4-5-13-10(7)9(6)11/h2-3,8,12H,4-5H2,1H3/t8-/m1/s1. The maximum Gasteiger partial charge on any atom is 0.168 e. The van der Waals surface area contributed by atoms with Gasteiger partial charge in [-0.1, -0.05) is 12.1 Å². The van der Waals surface area contributed by atoms with E-state index < -0.39 is 6.10 Å². The van der Waals surface area contributed by atoms with Gasteiger partial charge >= 0.3 is 0 Å². The number of fused-ring (bicyclic) bond motifs is 1. The monoisotopic (exact) mass is 182 g/mol. The Kier molecular flexibility index (Phi) is 1.96. The van der Waals surface area contributed by atoms with Crippen molar-refractivity contribution < 1.29 is 14.2 Å². The van der Waals surface area contributed by atoms with Gasteiger partial charge in [0, 0.05) is 12.0 Å². The third-order valence-corrected chi connectivity index (χ3v) is 2.32. The summed E-state index contributed by atoms with van der Waals surface area (Å²) in [5.74, 6) is -0.130. The summed E-state index contributed by atoms with van der Waals surface area (Å²) < 4.78 is 18.6. The molecule has 0 fully saturated rings. The van der Waals surface area contributed by atoms with Gasteiger partial charge in [-0.3, -0.25) is 0 Å². The van der Waals surface area contributed by atoms with Crippen molar-refractivity contribution in [3.8, 4) is 5.75 Å². The second-order valence-electron chi connectivity index (χ2n) is 3.27. The molecule has 1 aliphatic heterocycles. The third kappa shape index (κ3) is 1.29. The summed E-state index contributed by atoms with van der Waals surface area (Å²) >= 11 is 0. The highest BCUT2D eigenvalue weighted by Gasteiger charge is 2.22. The van der Waals surface area contributed by atoms with Crippen LogP contribution in [0.1, 0.15) is 23.7 Å². The molecule has 13 heavy (non-hydrogen) atoms. The highest BCUT2D eigenvalue weighted by atomic mass is 19.1. The molecule has 70 valence electrons. The maximum absolute atomic E-state index is 13.4. The van der Waals surface area contributed by atoms with Crippen molar-refractivity contribution in [1.82, 2.24) is 0 Å². The molecule has 1 N–H and O–H groups in total. The minimum atomic E-state index is -0.584. The van der Waals surface area contributed by atoms with E-state index in [-0.39, 0.29) is 11.6 Å². The Morgan fingerprint density at radius 2 is 2.31 bits per heavy atom. The van der Waals surface area contributed by atoms with E-state index in [1.165, 1.54) is 0 Å². The number of rotatable bonds is 0. The van der Waals surface area contributed by atoms with Gasteiger partial charge in [0.25, 0.3) is 0 Å². The Balaban J connectivity index is 2.56. The molecule has 0 saturated heterocycles. The van der Waals surface area contributed by atoms with Crippen LogP contribution in [-0.2, 0) is 0 Å². The predicted molar refractivity (Wildman–Crippen MR) is 46.2 cm³/mol. The van der Waals surface area contributed by atoms with Crippen LogP contribution in [0.4, 0.5) is 4.39 Å². The summed E-state index contributed by atoms with van der Waals surface area (Å²) in [4.78, 5) is 0. The average Bonchev–Trinajstić information content (AvgIpc) is 2.12. The lowest BCUT2D eigenvalue weighted by molar-refractivity contribution is 0.112. The molecule has 0 spiro atoms. The maximum atomic E-state index is 13.4. The fourth-order valence-corrected chi connectivity index (χ4v) is 1.51. The molecule has 2 nitrogen and oxygen atoms in total. The number of ether oxygens (including phenoxy) is 1. The van der Waals surface area contributed by atoms with Gasteiger partial charge in [-0.05, 0) is 12.5 Å². The molecular weight excluding hydrogens is 171 g/mol. The Morgan fingerprint density at radius 1 is 1.54 bits per heavy atom. The minimum Gasteiger partial charge on any atom is -0.490 e. The van der Waals surface area contributed by atoms with Crippen LogP contribution in [0.2, 0.25) is 0 Å². The molecule has 0 aliphatic carbocycles. The second kappa shape index (κ2) is 3.00. The van der Waals surface area contributed by atoms with E-state index in [0.29, 0.717) is 24.2 Å². The van der Waals surface area contributed by atoms with Gasteiger partial charge in [-0.25, -0.2) is 4.39 Å². The largest absolute Gasteiger partial charge is 0.490 e. The van der Waals surface area contributed by atoms with Crippen molar-refractivity contribution in [1.29, 1.82) is 0 Å². The number of halogens is 1. The Labute approximate surface area is 76.0 Å². The van der Waals surface area contributed by atoms with Crippen LogP contribution < -0.4 is 4.74 Å². The number of hydrogen-bond donors (Lipinski definition) is 1. The van der Waals surface area contributed by atoms with Crippen molar-refractivity contribution in [2.24, 2.45) is 0 Å². The third-order valence-electron chi connectivity index (χ3n) is 2.32. The molecule has 0 saturated carbocycles. The summed E-state index contributed by atoms with van der Waals surface area (Å²) in [7, 11) is 0. The van der Waals surface area contributed by atoms with Crippen LogP contribution in [0.25, 0.3) is 0 Å². The zero-order valence-corrected chi connectivity index (χ0v) is 7.38.